The molecule has 0 amide bonds. The van der Waals surface area contributed by atoms with E-state index < -0.39 is 9.84 Å². The third-order valence-corrected chi connectivity index (χ3v) is 5.75. The molecule has 0 aliphatic heterocycles. The number of hydrogen-bond acceptors (Lipinski definition) is 5. The number of hydrogen-bond donors (Lipinski definition) is 0. The molecule has 0 aliphatic carbocycles. The lowest BCUT2D eigenvalue weighted by Gasteiger charge is -2.06. The Morgan fingerprint density at radius 2 is 1.65 bits per heavy atom. The first-order chi connectivity index (χ1) is 12.6. The van der Waals surface area contributed by atoms with E-state index in [0.717, 1.165) is 11.0 Å². The van der Waals surface area contributed by atoms with Gasteiger partial charge in [0.15, 0.2) is 0 Å². The molecule has 2 aromatic heterocycles. The Balaban J connectivity index is 1.69. The van der Waals surface area contributed by atoms with Crippen LogP contribution < -0.4 is 4.74 Å². The SMILES string of the molecule is CCn1c2ccccc2n2c(S(=O)(=O)CCOc3ccccc3)nnc12. The zero-order valence-electron chi connectivity index (χ0n) is 14.2. The van der Waals surface area contributed by atoms with Crippen LogP contribution in [0.2, 0.25) is 0 Å². The molecule has 0 saturated heterocycles. The van der Waals surface area contributed by atoms with Gasteiger partial charge in [-0.25, -0.2) is 12.8 Å². The molecule has 26 heavy (non-hydrogen) atoms. The summed E-state index contributed by atoms with van der Waals surface area (Å²) in [6.45, 7) is 2.71. The van der Waals surface area contributed by atoms with Gasteiger partial charge in [0.1, 0.15) is 12.4 Å². The minimum absolute atomic E-state index is 0.0486. The third kappa shape index (κ3) is 2.72. The lowest BCUT2D eigenvalue weighted by Crippen LogP contribution is -2.16. The summed E-state index contributed by atoms with van der Waals surface area (Å²) in [7, 11) is -3.65. The van der Waals surface area contributed by atoms with E-state index in [1.54, 1.807) is 16.5 Å². The largest absolute Gasteiger partial charge is 0.493 e. The summed E-state index contributed by atoms with van der Waals surface area (Å²) >= 11 is 0. The Hall–Kier alpha value is -2.87. The number of benzene rings is 2. The van der Waals surface area contributed by atoms with Crippen LogP contribution in [-0.2, 0) is 16.4 Å². The summed E-state index contributed by atoms with van der Waals surface area (Å²) in [5.41, 5.74) is 1.70. The van der Waals surface area contributed by atoms with Crippen LogP contribution in [0.1, 0.15) is 6.92 Å². The maximum absolute atomic E-state index is 12.8. The number of para-hydroxylation sites is 3. The first-order valence-electron chi connectivity index (χ1n) is 8.35. The number of rotatable bonds is 6. The normalized spacial score (nSPS) is 12.0. The minimum Gasteiger partial charge on any atom is -0.493 e. The van der Waals surface area contributed by atoms with E-state index in [2.05, 4.69) is 10.2 Å². The second-order valence-corrected chi connectivity index (χ2v) is 7.83. The highest BCUT2D eigenvalue weighted by Crippen LogP contribution is 2.23. The molecule has 0 fully saturated rings. The molecular weight excluding hydrogens is 352 g/mol. The van der Waals surface area contributed by atoms with Crippen LogP contribution in [0.5, 0.6) is 5.75 Å². The molecule has 2 heterocycles. The molecule has 2 aromatic carbocycles. The van der Waals surface area contributed by atoms with E-state index in [0.29, 0.717) is 18.1 Å². The van der Waals surface area contributed by atoms with Crippen molar-refractivity contribution in [2.75, 3.05) is 12.4 Å². The molecule has 0 unspecified atom stereocenters. The van der Waals surface area contributed by atoms with Crippen LogP contribution in [-0.4, -0.2) is 39.9 Å². The molecule has 4 rings (SSSR count). The molecular formula is C18H18N4O3S. The molecule has 0 N–H and O–H groups in total. The van der Waals surface area contributed by atoms with Crippen molar-refractivity contribution in [1.29, 1.82) is 0 Å². The highest BCUT2D eigenvalue weighted by Gasteiger charge is 2.25. The van der Waals surface area contributed by atoms with Gasteiger partial charge in [-0.1, -0.05) is 30.3 Å². The smallest absolute Gasteiger partial charge is 0.256 e. The van der Waals surface area contributed by atoms with Crippen molar-refractivity contribution >= 4 is 26.6 Å². The highest BCUT2D eigenvalue weighted by atomic mass is 32.2. The molecule has 8 heteroatoms. The van der Waals surface area contributed by atoms with Gasteiger partial charge in [-0.3, -0.25) is 0 Å². The molecule has 0 radical (unpaired) electrons. The maximum Gasteiger partial charge on any atom is 0.256 e. The van der Waals surface area contributed by atoms with Gasteiger partial charge >= 0.3 is 0 Å². The molecule has 4 aromatic rings. The second kappa shape index (κ2) is 6.45. The molecule has 0 bridgehead atoms. The number of fused-ring (bicyclic) bond motifs is 3. The molecule has 134 valence electrons. The predicted molar refractivity (Wildman–Crippen MR) is 98.1 cm³/mol. The lowest BCUT2D eigenvalue weighted by atomic mass is 10.3. The fourth-order valence-corrected chi connectivity index (χ4v) is 4.14. The molecule has 0 spiro atoms. The highest BCUT2D eigenvalue weighted by molar-refractivity contribution is 7.91. The maximum atomic E-state index is 12.8. The van der Waals surface area contributed by atoms with Crippen molar-refractivity contribution in [2.24, 2.45) is 0 Å². The quantitative estimate of drug-likeness (QED) is 0.521. The van der Waals surface area contributed by atoms with Crippen molar-refractivity contribution in [3.63, 3.8) is 0 Å². The number of sulfone groups is 1. The van der Waals surface area contributed by atoms with Gasteiger partial charge in [0, 0.05) is 6.54 Å². The van der Waals surface area contributed by atoms with Crippen molar-refractivity contribution in [2.45, 2.75) is 18.6 Å². The number of aryl methyl sites for hydroxylation is 1. The van der Waals surface area contributed by atoms with Crippen LogP contribution in [0.4, 0.5) is 0 Å². The fraction of sp³-hybridized carbons (Fsp3) is 0.222. The predicted octanol–water partition coefficient (Wildman–Crippen LogP) is 2.56. The average Bonchev–Trinajstić information content (AvgIpc) is 3.21. The second-order valence-electron chi connectivity index (χ2n) is 5.83. The number of ether oxygens (including phenoxy) is 1. The van der Waals surface area contributed by atoms with Crippen LogP contribution in [0.25, 0.3) is 16.8 Å². The summed E-state index contributed by atoms with van der Waals surface area (Å²) in [5.74, 6) is 0.988. The Morgan fingerprint density at radius 1 is 0.962 bits per heavy atom. The van der Waals surface area contributed by atoms with Gasteiger partial charge in [-0.05, 0) is 31.2 Å². The van der Waals surface area contributed by atoms with Crippen LogP contribution >= 0.6 is 0 Å². The number of aromatic nitrogens is 4. The Kier molecular flexibility index (Phi) is 4.12. The Labute approximate surface area is 150 Å². The first-order valence-corrected chi connectivity index (χ1v) is 10.00. The molecule has 7 nitrogen and oxygen atoms in total. The molecule has 0 aliphatic rings. The number of nitrogens with zero attached hydrogens (tertiary/aromatic N) is 4. The summed E-state index contributed by atoms with van der Waals surface area (Å²) in [4.78, 5) is 0. The third-order valence-electron chi connectivity index (χ3n) is 4.23. The van der Waals surface area contributed by atoms with Crippen molar-refractivity contribution in [3.05, 3.63) is 54.6 Å². The van der Waals surface area contributed by atoms with Gasteiger partial charge in [-0.15, -0.1) is 10.2 Å². The summed E-state index contributed by atoms with van der Waals surface area (Å²) < 4.78 is 34.7. The average molecular weight is 370 g/mol. The molecule has 0 saturated carbocycles. The summed E-state index contributed by atoms with van der Waals surface area (Å²) in [5, 5.41) is 8.03. The summed E-state index contributed by atoms with van der Waals surface area (Å²) in [6.07, 6.45) is 0. The van der Waals surface area contributed by atoms with Crippen LogP contribution in [0.15, 0.2) is 59.8 Å². The fourth-order valence-electron chi connectivity index (χ4n) is 3.03. The van der Waals surface area contributed by atoms with E-state index in [1.165, 1.54) is 0 Å². The standard InChI is InChI=1S/C18H18N4O3S/c1-2-21-15-10-6-7-11-16(15)22-17(21)19-20-18(22)26(23,24)13-12-25-14-8-4-3-5-9-14/h3-11H,2,12-13H2,1H3. The zero-order valence-corrected chi connectivity index (χ0v) is 15.1. The van der Waals surface area contributed by atoms with E-state index in [9.17, 15) is 8.42 Å². The van der Waals surface area contributed by atoms with Crippen molar-refractivity contribution in [3.8, 4) is 5.75 Å². The van der Waals surface area contributed by atoms with Gasteiger partial charge in [-0.2, -0.15) is 0 Å². The summed E-state index contributed by atoms with van der Waals surface area (Å²) in [6, 6.07) is 16.7. The topological polar surface area (TPSA) is 78.5 Å². The van der Waals surface area contributed by atoms with Gasteiger partial charge in [0.25, 0.3) is 5.16 Å². The lowest BCUT2D eigenvalue weighted by molar-refractivity contribution is 0.340. The number of imidazole rings is 1. The zero-order chi connectivity index (χ0) is 18.1. The van der Waals surface area contributed by atoms with E-state index >= 15 is 0 Å². The van der Waals surface area contributed by atoms with Crippen molar-refractivity contribution in [1.82, 2.24) is 19.2 Å². The Bertz CT molecular complexity index is 1160. The van der Waals surface area contributed by atoms with Gasteiger partial charge < -0.3 is 9.30 Å². The molecule has 0 atom stereocenters. The van der Waals surface area contributed by atoms with E-state index in [-0.39, 0.29) is 17.5 Å². The van der Waals surface area contributed by atoms with Crippen LogP contribution in [0, 0.1) is 0 Å². The van der Waals surface area contributed by atoms with Gasteiger partial charge in [0.05, 0.1) is 16.8 Å². The monoisotopic (exact) mass is 370 g/mol. The minimum atomic E-state index is -3.65. The van der Waals surface area contributed by atoms with Crippen molar-refractivity contribution < 1.29 is 13.2 Å². The van der Waals surface area contributed by atoms with E-state index in [4.69, 9.17) is 4.74 Å². The Morgan fingerprint density at radius 3 is 2.38 bits per heavy atom. The van der Waals surface area contributed by atoms with E-state index in [1.807, 2.05) is 54.0 Å². The van der Waals surface area contributed by atoms with Crippen LogP contribution in [0.3, 0.4) is 0 Å². The van der Waals surface area contributed by atoms with Gasteiger partial charge in [0.2, 0.25) is 15.6 Å². The first kappa shape index (κ1) is 16.6.